The fraction of sp³-hybridized carbons (Fsp3) is 0.588. The van der Waals surface area contributed by atoms with Gasteiger partial charge in [-0.25, -0.2) is 0 Å². The van der Waals surface area contributed by atoms with Gasteiger partial charge in [0.1, 0.15) is 0 Å². The van der Waals surface area contributed by atoms with E-state index in [9.17, 15) is 18.0 Å². The van der Waals surface area contributed by atoms with E-state index in [1.807, 2.05) is 11.8 Å². The summed E-state index contributed by atoms with van der Waals surface area (Å²) >= 11 is 0. The van der Waals surface area contributed by atoms with Crippen molar-refractivity contribution in [3.8, 4) is 0 Å². The number of likely N-dealkylation sites (N-methyl/N-ethyl adjacent to an activating group) is 1. The number of aliphatic hydroxyl groups excluding tert-OH is 1. The van der Waals surface area contributed by atoms with Crippen molar-refractivity contribution in [2.75, 3.05) is 26.2 Å². The summed E-state index contributed by atoms with van der Waals surface area (Å²) in [5.74, 6) is -0.0750. The Labute approximate surface area is 139 Å². The van der Waals surface area contributed by atoms with E-state index in [2.05, 4.69) is 0 Å². The molecular formula is C17H23F3N2O2. The number of likely N-dealkylation sites (tertiary alicyclic amines) is 1. The highest BCUT2D eigenvalue weighted by atomic mass is 19.4. The molecule has 1 atom stereocenters. The summed E-state index contributed by atoms with van der Waals surface area (Å²) in [7, 11) is 0. The summed E-state index contributed by atoms with van der Waals surface area (Å²) in [5, 5.41) is 9.12. The Hall–Kier alpha value is -1.60. The molecule has 0 bridgehead atoms. The molecule has 0 aliphatic carbocycles. The Bertz CT molecular complexity index is 563. The van der Waals surface area contributed by atoms with E-state index >= 15 is 0 Å². The molecule has 0 saturated carbocycles. The smallest absolute Gasteiger partial charge is 0.395 e. The molecule has 1 heterocycles. The van der Waals surface area contributed by atoms with Crippen LogP contribution in [0.3, 0.4) is 0 Å². The standard InChI is InChI=1S/C17H23F3N2O2/c1-2-21(9-10-23)15-7-4-8-22(16(15)24)12-13-5-3-6-14(11-13)17(18,19)20/h3,5-6,11,15,23H,2,4,7-10,12H2,1H3. The minimum Gasteiger partial charge on any atom is -0.395 e. The van der Waals surface area contributed by atoms with Crippen molar-refractivity contribution in [1.29, 1.82) is 0 Å². The first-order valence-electron chi connectivity index (χ1n) is 8.16. The second-order valence-corrected chi connectivity index (χ2v) is 5.97. The van der Waals surface area contributed by atoms with Crippen LogP contribution in [-0.2, 0) is 17.5 Å². The molecule has 1 aliphatic heterocycles. The lowest BCUT2D eigenvalue weighted by atomic mass is 10.0. The van der Waals surface area contributed by atoms with Crippen LogP contribution in [0.4, 0.5) is 13.2 Å². The molecule has 1 aromatic carbocycles. The molecule has 4 nitrogen and oxygen atoms in total. The second-order valence-electron chi connectivity index (χ2n) is 5.97. The second kappa shape index (κ2) is 7.98. The van der Waals surface area contributed by atoms with Crippen molar-refractivity contribution >= 4 is 5.91 Å². The van der Waals surface area contributed by atoms with Gasteiger partial charge < -0.3 is 10.0 Å². The molecule has 1 unspecified atom stereocenters. The molecule has 0 aromatic heterocycles. The van der Waals surface area contributed by atoms with Crippen LogP contribution in [0, 0.1) is 0 Å². The largest absolute Gasteiger partial charge is 0.416 e. The Morgan fingerprint density at radius 3 is 2.75 bits per heavy atom. The van der Waals surface area contributed by atoms with Gasteiger partial charge in [0.05, 0.1) is 18.2 Å². The van der Waals surface area contributed by atoms with Gasteiger partial charge in [0, 0.05) is 19.6 Å². The van der Waals surface area contributed by atoms with Crippen molar-refractivity contribution in [3.05, 3.63) is 35.4 Å². The number of piperidine rings is 1. The molecule has 1 amide bonds. The van der Waals surface area contributed by atoms with Crippen molar-refractivity contribution in [2.24, 2.45) is 0 Å². The summed E-state index contributed by atoms with van der Waals surface area (Å²) in [6.45, 7) is 3.69. The van der Waals surface area contributed by atoms with Crippen molar-refractivity contribution in [2.45, 2.75) is 38.5 Å². The Morgan fingerprint density at radius 2 is 2.12 bits per heavy atom. The van der Waals surface area contributed by atoms with Crippen LogP contribution in [0.25, 0.3) is 0 Å². The fourth-order valence-corrected chi connectivity index (χ4v) is 3.14. The molecule has 1 saturated heterocycles. The maximum Gasteiger partial charge on any atom is 0.416 e. The topological polar surface area (TPSA) is 43.8 Å². The predicted octanol–water partition coefficient (Wildman–Crippen LogP) is 2.51. The molecule has 1 N–H and O–H groups in total. The number of hydrogen-bond donors (Lipinski definition) is 1. The van der Waals surface area contributed by atoms with Gasteiger partial charge >= 0.3 is 6.18 Å². The molecular weight excluding hydrogens is 321 g/mol. The molecule has 0 radical (unpaired) electrons. The van der Waals surface area contributed by atoms with Gasteiger partial charge in [-0.15, -0.1) is 0 Å². The van der Waals surface area contributed by atoms with Crippen LogP contribution >= 0.6 is 0 Å². The summed E-state index contributed by atoms with van der Waals surface area (Å²) < 4.78 is 38.4. The first kappa shape index (κ1) is 18.7. The minimum atomic E-state index is -4.38. The monoisotopic (exact) mass is 344 g/mol. The molecule has 1 aromatic rings. The maximum atomic E-state index is 12.8. The SMILES string of the molecule is CCN(CCO)C1CCCN(Cc2cccc(C(F)(F)F)c2)C1=O. The van der Waals surface area contributed by atoms with Gasteiger partial charge in [-0.1, -0.05) is 19.1 Å². The third kappa shape index (κ3) is 4.48. The lowest BCUT2D eigenvalue weighted by Crippen LogP contribution is -2.52. The number of nitrogens with zero attached hydrogens (tertiary/aromatic N) is 2. The fourth-order valence-electron chi connectivity index (χ4n) is 3.14. The zero-order chi connectivity index (χ0) is 17.7. The minimum absolute atomic E-state index is 0.0226. The number of halogens is 3. The van der Waals surface area contributed by atoms with Gasteiger partial charge in [-0.05, 0) is 37.1 Å². The zero-order valence-corrected chi connectivity index (χ0v) is 13.7. The lowest BCUT2D eigenvalue weighted by molar-refractivity contribution is -0.141. The van der Waals surface area contributed by atoms with Gasteiger partial charge in [-0.3, -0.25) is 9.69 Å². The Morgan fingerprint density at radius 1 is 1.38 bits per heavy atom. The first-order valence-corrected chi connectivity index (χ1v) is 8.16. The maximum absolute atomic E-state index is 12.8. The first-order chi connectivity index (χ1) is 11.4. The molecule has 2 rings (SSSR count). The van der Waals surface area contributed by atoms with E-state index in [0.717, 1.165) is 18.6 Å². The number of carbonyl (C=O) groups is 1. The quantitative estimate of drug-likeness (QED) is 0.862. The van der Waals surface area contributed by atoms with Crippen LogP contribution in [-0.4, -0.2) is 53.1 Å². The van der Waals surface area contributed by atoms with Crippen LogP contribution in [0.15, 0.2) is 24.3 Å². The average Bonchev–Trinajstić information content (AvgIpc) is 2.54. The van der Waals surface area contributed by atoms with Gasteiger partial charge in [0.2, 0.25) is 5.91 Å². The van der Waals surface area contributed by atoms with Gasteiger partial charge in [-0.2, -0.15) is 13.2 Å². The van der Waals surface area contributed by atoms with E-state index in [1.54, 1.807) is 11.0 Å². The summed E-state index contributed by atoms with van der Waals surface area (Å²) in [6.07, 6.45) is -2.87. The third-order valence-corrected chi connectivity index (χ3v) is 4.36. The summed E-state index contributed by atoms with van der Waals surface area (Å²) in [5.41, 5.74) is -0.222. The van der Waals surface area contributed by atoms with Crippen LogP contribution < -0.4 is 0 Å². The number of carbonyl (C=O) groups excluding carboxylic acids is 1. The number of rotatable bonds is 6. The average molecular weight is 344 g/mol. The highest BCUT2D eigenvalue weighted by Gasteiger charge is 2.33. The van der Waals surface area contributed by atoms with E-state index in [0.29, 0.717) is 31.6 Å². The molecule has 24 heavy (non-hydrogen) atoms. The number of alkyl halides is 3. The number of benzene rings is 1. The third-order valence-electron chi connectivity index (χ3n) is 4.36. The lowest BCUT2D eigenvalue weighted by Gasteiger charge is -2.38. The van der Waals surface area contributed by atoms with E-state index in [1.165, 1.54) is 6.07 Å². The molecule has 1 fully saturated rings. The highest BCUT2D eigenvalue weighted by molar-refractivity contribution is 5.82. The van der Waals surface area contributed by atoms with E-state index in [-0.39, 0.29) is 25.1 Å². The van der Waals surface area contributed by atoms with Crippen LogP contribution in [0.5, 0.6) is 0 Å². The van der Waals surface area contributed by atoms with Gasteiger partial charge in [0.15, 0.2) is 0 Å². The van der Waals surface area contributed by atoms with E-state index in [4.69, 9.17) is 5.11 Å². The Kier molecular flexibility index (Phi) is 6.23. The zero-order valence-electron chi connectivity index (χ0n) is 13.7. The normalized spacial score (nSPS) is 19.2. The van der Waals surface area contributed by atoms with Crippen molar-refractivity contribution < 1.29 is 23.1 Å². The summed E-state index contributed by atoms with van der Waals surface area (Å²) in [6, 6.07) is 4.81. The van der Waals surface area contributed by atoms with Gasteiger partial charge in [0.25, 0.3) is 0 Å². The number of hydrogen-bond acceptors (Lipinski definition) is 3. The van der Waals surface area contributed by atoms with Crippen LogP contribution in [0.2, 0.25) is 0 Å². The number of aliphatic hydroxyl groups is 1. The Balaban J connectivity index is 2.11. The molecule has 1 aliphatic rings. The summed E-state index contributed by atoms with van der Waals surface area (Å²) in [4.78, 5) is 16.2. The molecule has 7 heteroatoms. The predicted molar refractivity (Wildman–Crippen MR) is 84.2 cm³/mol. The van der Waals surface area contributed by atoms with E-state index < -0.39 is 11.7 Å². The molecule has 134 valence electrons. The highest BCUT2D eigenvalue weighted by Crippen LogP contribution is 2.30. The molecule has 0 spiro atoms. The van der Waals surface area contributed by atoms with Crippen LogP contribution in [0.1, 0.15) is 30.9 Å². The van der Waals surface area contributed by atoms with Crippen molar-refractivity contribution in [1.82, 2.24) is 9.80 Å². The van der Waals surface area contributed by atoms with Crippen molar-refractivity contribution in [3.63, 3.8) is 0 Å². The number of amides is 1.